The van der Waals surface area contributed by atoms with Crippen LogP contribution < -0.4 is 5.32 Å². The molecule has 0 saturated carbocycles. The molecule has 0 radical (unpaired) electrons. The largest absolute Gasteiger partial charge is 0.472 e. The summed E-state index contributed by atoms with van der Waals surface area (Å²) in [6.07, 6.45) is 10.4. The molecule has 0 bridgehead atoms. The first-order valence-corrected chi connectivity index (χ1v) is 12.0. The van der Waals surface area contributed by atoms with Crippen molar-refractivity contribution in [3.63, 3.8) is 0 Å². The van der Waals surface area contributed by atoms with Gasteiger partial charge in [0.1, 0.15) is 6.10 Å². The Morgan fingerprint density at radius 1 is 1.00 bits per heavy atom. The van der Waals surface area contributed by atoms with E-state index in [-0.39, 0.29) is 19.8 Å². The standard InChI is InChI=1S/C22H42NO6P/c1-19(2)9-7-10-20(3)11-8-12-21(4)13-15-27-17-22(26-6)18-29-30(24,25)28-16-14-23-5/h9,11,13,22-23H,7-8,10,12,14-18H2,1-6H3,(H,24,25)/b20-11+,21-13+. The maximum absolute atomic E-state index is 11.7. The van der Waals surface area contributed by atoms with Gasteiger partial charge < -0.3 is 19.7 Å². The van der Waals surface area contributed by atoms with Gasteiger partial charge >= 0.3 is 7.82 Å². The summed E-state index contributed by atoms with van der Waals surface area (Å²) in [5, 5.41) is 2.82. The number of ether oxygens (including phenoxy) is 2. The molecule has 2 N–H and O–H groups in total. The maximum Gasteiger partial charge on any atom is 0.472 e. The number of rotatable bonds is 18. The first-order chi connectivity index (χ1) is 14.2. The molecular weight excluding hydrogens is 405 g/mol. The Kier molecular flexibility index (Phi) is 17.4. The number of phosphoric ester groups is 1. The predicted octanol–water partition coefficient (Wildman–Crippen LogP) is 4.79. The highest BCUT2D eigenvalue weighted by Gasteiger charge is 2.23. The molecule has 0 aliphatic rings. The van der Waals surface area contributed by atoms with Crippen LogP contribution in [0.2, 0.25) is 0 Å². The topological polar surface area (TPSA) is 86.3 Å². The monoisotopic (exact) mass is 447 g/mol. The third kappa shape index (κ3) is 18.0. The molecule has 0 fully saturated rings. The maximum atomic E-state index is 11.7. The van der Waals surface area contributed by atoms with Gasteiger partial charge in [0.25, 0.3) is 0 Å². The second kappa shape index (κ2) is 17.8. The van der Waals surface area contributed by atoms with E-state index in [0.717, 1.165) is 25.7 Å². The average molecular weight is 448 g/mol. The molecule has 0 aromatic heterocycles. The molecule has 2 unspecified atom stereocenters. The minimum atomic E-state index is -4.07. The van der Waals surface area contributed by atoms with E-state index in [1.165, 1.54) is 23.8 Å². The van der Waals surface area contributed by atoms with Gasteiger partial charge in [0.15, 0.2) is 0 Å². The number of hydrogen-bond acceptors (Lipinski definition) is 6. The van der Waals surface area contributed by atoms with E-state index >= 15 is 0 Å². The Labute approximate surface area is 183 Å². The molecule has 0 saturated heterocycles. The van der Waals surface area contributed by atoms with Crippen molar-refractivity contribution in [3.8, 4) is 0 Å². The Balaban J connectivity index is 4.08. The molecule has 0 aromatic rings. The Bertz CT molecular complexity index is 584. The molecule has 0 heterocycles. The van der Waals surface area contributed by atoms with E-state index in [1.807, 2.05) is 0 Å². The third-order valence-electron chi connectivity index (χ3n) is 4.34. The lowest BCUT2D eigenvalue weighted by Crippen LogP contribution is -2.24. The lowest BCUT2D eigenvalue weighted by Gasteiger charge is -2.17. The molecule has 0 aliphatic heterocycles. The molecule has 176 valence electrons. The summed E-state index contributed by atoms with van der Waals surface area (Å²) in [5.41, 5.74) is 4.06. The Hall–Kier alpha value is -0.790. The number of likely N-dealkylation sites (N-methyl/N-ethyl adjacent to an activating group) is 1. The minimum Gasteiger partial charge on any atom is -0.377 e. The number of phosphoric acid groups is 1. The smallest absolute Gasteiger partial charge is 0.377 e. The van der Waals surface area contributed by atoms with Crippen molar-refractivity contribution in [2.75, 3.05) is 47.1 Å². The van der Waals surface area contributed by atoms with E-state index in [1.54, 1.807) is 7.05 Å². The van der Waals surface area contributed by atoms with Crippen molar-refractivity contribution in [2.45, 2.75) is 59.5 Å². The summed E-state index contributed by atoms with van der Waals surface area (Å²) in [6, 6.07) is 0. The van der Waals surface area contributed by atoms with Crippen molar-refractivity contribution in [1.29, 1.82) is 0 Å². The van der Waals surface area contributed by atoms with Gasteiger partial charge in [0, 0.05) is 13.7 Å². The van der Waals surface area contributed by atoms with Crippen molar-refractivity contribution >= 4 is 7.82 Å². The number of methoxy groups -OCH3 is 1. The quantitative estimate of drug-likeness (QED) is 0.177. The highest BCUT2D eigenvalue weighted by Crippen LogP contribution is 2.42. The molecule has 0 amide bonds. The first-order valence-electron chi connectivity index (χ1n) is 10.5. The zero-order valence-electron chi connectivity index (χ0n) is 19.6. The van der Waals surface area contributed by atoms with Crippen LogP contribution in [0.15, 0.2) is 34.9 Å². The van der Waals surface area contributed by atoms with Crippen LogP contribution in [0.1, 0.15) is 53.4 Å². The van der Waals surface area contributed by atoms with Gasteiger partial charge in [-0.1, -0.05) is 34.9 Å². The average Bonchev–Trinajstić information content (AvgIpc) is 2.67. The summed E-state index contributed by atoms with van der Waals surface area (Å²) in [5.74, 6) is 0. The van der Waals surface area contributed by atoms with Crippen LogP contribution >= 0.6 is 7.82 Å². The van der Waals surface area contributed by atoms with Crippen LogP contribution in [0.4, 0.5) is 0 Å². The predicted molar refractivity (Wildman–Crippen MR) is 123 cm³/mol. The highest BCUT2D eigenvalue weighted by atomic mass is 31.2. The molecule has 0 spiro atoms. The third-order valence-corrected chi connectivity index (χ3v) is 5.32. The van der Waals surface area contributed by atoms with E-state index in [4.69, 9.17) is 18.5 Å². The Morgan fingerprint density at radius 3 is 2.23 bits per heavy atom. The van der Waals surface area contributed by atoms with E-state index in [2.05, 4.69) is 51.2 Å². The van der Waals surface area contributed by atoms with Crippen molar-refractivity contribution in [2.24, 2.45) is 0 Å². The van der Waals surface area contributed by atoms with E-state index in [9.17, 15) is 9.46 Å². The number of hydrogen-bond donors (Lipinski definition) is 2. The lowest BCUT2D eigenvalue weighted by atomic mass is 10.1. The number of allylic oxidation sites excluding steroid dienone is 5. The van der Waals surface area contributed by atoms with Gasteiger partial charge in [-0.25, -0.2) is 4.57 Å². The molecule has 30 heavy (non-hydrogen) atoms. The van der Waals surface area contributed by atoms with E-state index < -0.39 is 13.9 Å². The lowest BCUT2D eigenvalue weighted by molar-refractivity contribution is -0.0153. The zero-order valence-corrected chi connectivity index (χ0v) is 20.5. The van der Waals surface area contributed by atoms with Gasteiger partial charge in [0.2, 0.25) is 0 Å². The Morgan fingerprint density at radius 2 is 1.63 bits per heavy atom. The summed E-state index contributed by atoms with van der Waals surface area (Å²) < 4.78 is 32.3. The highest BCUT2D eigenvalue weighted by molar-refractivity contribution is 7.47. The summed E-state index contributed by atoms with van der Waals surface area (Å²) >= 11 is 0. The van der Waals surface area contributed by atoms with Crippen LogP contribution in [-0.4, -0.2) is 58.1 Å². The van der Waals surface area contributed by atoms with Gasteiger partial charge in [0.05, 0.1) is 26.4 Å². The molecular formula is C22H42NO6P. The van der Waals surface area contributed by atoms with Gasteiger partial charge in [-0.3, -0.25) is 9.05 Å². The molecule has 0 rings (SSSR count). The van der Waals surface area contributed by atoms with Gasteiger partial charge in [-0.05, 0) is 60.4 Å². The summed E-state index contributed by atoms with van der Waals surface area (Å²) in [7, 11) is -0.836. The fraction of sp³-hybridized carbons (Fsp3) is 0.727. The van der Waals surface area contributed by atoms with E-state index in [0.29, 0.717) is 13.2 Å². The second-order valence-corrected chi connectivity index (χ2v) is 9.01. The first kappa shape index (κ1) is 29.2. The van der Waals surface area contributed by atoms with Gasteiger partial charge in [-0.2, -0.15) is 0 Å². The van der Waals surface area contributed by atoms with Crippen molar-refractivity contribution in [3.05, 3.63) is 34.9 Å². The SMILES string of the molecule is CNCCOP(=O)(O)OCC(COC/C=C(\C)CC/C=C(\C)CCC=C(C)C)OC. The van der Waals surface area contributed by atoms with Gasteiger partial charge in [-0.15, -0.1) is 0 Å². The van der Waals surface area contributed by atoms with Crippen molar-refractivity contribution in [1.82, 2.24) is 5.32 Å². The molecule has 2 atom stereocenters. The van der Waals surface area contributed by atoms with Crippen LogP contribution in [0.5, 0.6) is 0 Å². The fourth-order valence-corrected chi connectivity index (χ4v) is 3.15. The minimum absolute atomic E-state index is 0.0800. The second-order valence-electron chi connectivity index (χ2n) is 7.56. The number of nitrogens with one attached hydrogen (secondary N) is 1. The van der Waals surface area contributed by atoms with Crippen LogP contribution in [-0.2, 0) is 23.1 Å². The molecule has 0 aliphatic carbocycles. The molecule has 8 heteroatoms. The molecule has 0 aromatic carbocycles. The van der Waals surface area contributed by atoms with Crippen LogP contribution in [0.25, 0.3) is 0 Å². The normalized spacial score (nSPS) is 15.7. The summed E-state index contributed by atoms with van der Waals surface area (Å²) in [6.45, 7) is 9.73. The molecule has 7 nitrogen and oxygen atoms in total. The summed E-state index contributed by atoms with van der Waals surface area (Å²) in [4.78, 5) is 9.59. The van der Waals surface area contributed by atoms with Crippen molar-refractivity contribution < 1.29 is 28.0 Å². The van der Waals surface area contributed by atoms with Crippen LogP contribution in [0, 0.1) is 0 Å². The van der Waals surface area contributed by atoms with Crippen LogP contribution in [0.3, 0.4) is 0 Å². The zero-order chi connectivity index (χ0) is 22.8. The fourth-order valence-electron chi connectivity index (χ4n) is 2.40.